The number of nitrogens with one attached hydrogen (secondary N) is 1. The van der Waals surface area contributed by atoms with Crippen molar-refractivity contribution in [1.82, 2.24) is 24.6 Å². The summed E-state index contributed by atoms with van der Waals surface area (Å²) in [5, 5.41) is 7.29. The standard InChI is InChI=1S/C18H22FN7O/c1-24-8-11(7-21-24)22-18-20-5-4-16(23-18)25-9-12-2-3-13(10-25)26(12)17(27)14-6-15(14)19/h4-5,7-8,12-15H,2-3,6,9-10H2,1H3,(H,20,22,23)/t12-,13+,14-,15?/m0/s1. The molecule has 0 radical (unpaired) electrons. The van der Waals surface area contributed by atoms with E-state index in [1.807, 2.05) is 24.2 Å². The van der Waals surface area contributed by atoms with Gasteiger partial charge < -0.3 is 15.1 Å². The van der Waals surface area contributed by atoms with Crippen LogP contribution in [0.4, 0.5) is 21.8 Å². The quantitative estimate of drug-likeness (QED) is 0.877. The van der Waals surface area contributed by atoms with Gasteiger partial charge in [0.2, 0.25) is 11.9 Å². The summed E-state index contributed by atoms with van der Waals surface area (Å²) in [6.07, 6.45) is 6.72. The highest BCUT2D eigenvalue weighted by molar-refractivity contribution is 5.83. The highest BCUT2D eigenvalue weighted by Gasteiger charge is 2.51. The Hall–Kier alpha value is -2.71. The van der Waals surface area contributed by atoms with Gasteiger partial charge >= 0.3 is 0 Å². The van der Waals surface area contributed by atoms with Crippen molar-refractivity contribution in [2.24, 2.45) is 13.0 Å². The predicted octanol–water partition coefficient (Wildman–Crippen LogP) is 1.49. The molecule has 4 heterocycles. The van der Waals surface area contributed by atoms with Crippen LogP contribution >= 0.6 is 0 Å². The van der Waals surface area contributed by atoms with E-state index in [9.17, 15) is 9.18 Å². The number of anilines is 3. The van der Waals surface area contributed by atoms with E-state index < -0.39 is 12.1 Å². The zero-order valence-corrected chi connectivity index (χ0v) is 15.1. The van der Waals surface area contributed by atoms with Crippen molar-refractivity contribution in [3.05, 3.63) is 24.7 Å². The van der Waals surface area contributed by atoms with Crippen LogP contribution in [0.3, 0.4) is 0 Å². The zero-order chi connectivity index (χ0) is 18.5. The van der Waals surface area contributed by atoms with Gasteiger partial charge in [0.1, 0.15) is 12.0 Å². The molecule has 8 nitrogen and oxygen atoms in total. The van der Waals surface area contributed by atoms with Crippen LogP contribution in [0.1, 0.15) is 19.3 Å². The first-order valence-electron chi connectivity index (χ1n) is 9.38. The van der Waals surface area contributed by atoms with Gasteiger partial charge in [-0.2, -0.15) is 10.1 Å². The van der Waals surface area contributed by atoms with Gasteiger partial charge in [0.15, 0.2) is 0 Å². The zero-order valence-electron chi connectivity index (χ0n) is 15.1. The lowest BCUT2D eigenvalue weighted by Gasteiger charge is -2.41. The number of hydrogen-bond donors (Lipinski definition) is 1. The van der Waals surface area contributed by atoms with Crippen LogP contribution in [0.2, 0.25) is 0 Å². The molecule has 3 aliphatic rings. The van der Waals surface area contributed by atoms with Gasteiger partial charge in [-0.3, -0.25) is 9.48 Å². The lowest BCUT2D eigenvalue weighted by atomic mass is 10.1. The van der Waals surface area contributed by atoms with E-state index in [1.54, 1.807) is 17.1 Å². The number of carbonyl (C=O) groups is 1. The fraction of sp³-hybridized carbons (Fsp3) is 0.556. The van der Waals surface area contributed by atoms with Crippen LogP contribution in [0, 0.1) is 5.92 Å². The van der Waals surface area contributed by atoms with Crippen molar-refractivity contribution in [2.45, 2.75) is 37.5 Å². The number of hydrogen-bond acceptors (Lipinski definition) is 6. The first-order chi connectivity index (χ1) is 13.1. The maximum atomic E-state index is 13.3. The van der Waals surface area contributed by atoms with Gasteiger partial charge in [-0.05, 0) is 25.3 Å². The molecule has 4 atom stereocenters. The molecule has 2 bridgehead atoms. The Kier molecular flexibility index (Phi) is 3.76. The largest absolute Gasteiger partial charge is 0.352 e. The number of fused-ring (bicyclic) bond motifs is 2. The number of rotatable bonds is 4. The third-order valence-corrected chi connectivity index (χ3v) is 5.69. The summed E-state index contributed by atoms with van der Waals surface area (Å²) in [6.45, 7) is 1.46. The fourth-order valence-corrected chi connectivity index (χ4v) is 4.26. The summed E-state index contributed by atoms with van der Waals surface area (Å²) in [7, 11) is 1.85. The fourth-order valence-electron chi connectivity index (χ4n) is 4.26. The maximum Gasteiger partial charge on any atom is 0.229 e. The minimum Gasteiger partial charge on any atom is -0.352 e. The summed E-state index contributed by atoms with van der Waals surface area (Å²) in [6, 6.07) is 2.19. The molecule has 1 amide bonds. The Morgan fingerprint density at radius 1 is 1.30 bits per heavy atom. The van der Waals surface area contributed by atoms with Crippen molar-refractivity contribution < 1.29 is 9.18 Å². The summed E-state index contributed by atoms with van der Waals surface area (Å²) in [4.78, 5) is 25.6. The summed E-state index contributed by atoms with van der Waals surface area (Å²) in [5.74, 6) is 0.977. The van der Waals surface area contributed by atoms with Gasteiger partial charge in [-0.15, -0.1) is 0 Å². The van der Waals surface area contributed by atoms with Crippen LogP contribution in [-0.2, 0) is 11.8 Å². The molecule has 5 rings (SSSR count). The highest BCUT2D eigenvalue weighted by atomic mass is 19.1. The molecular formula is C18H22FN7O. The molecule has 3 fully saturated rings. The second-order valence-corrected chi connectivity index (χ2v) is 7.66. The Bertz CT molecular complexity index is 857. The first kappa shape index (κ1) is 16.5. The molecule has 0 spiro atoms. The molecule has 2 aliphatic heterocycles. The summed E-state index contributed by atoms with van der Waals surface area (Å²) in [5.41, 5.74) is 0.829. The van der Waals surface area contributed by atoms with Gasteiger partial charge in [-0.1, -0.05) is 0 Å². The monoisotopic (exact) mass is 371 g/mol. The highest BCUT2D eigenvalue weighted by Crippen LogP contribution is 2.40. The van der Waals surface area contributed by atoms with Crippen molar-refractivity contribution in [3.8, 4) is 0 Å². The van der Waals surface area contributed by atoms with E-state index >= 15 is 0 Å². The number of amides is 1. The Morgan fingerprint density at radius 2 is 2.04 bits per heavy atom. The molecule has 9 heteroatoms. The van der Waals surface area contributed by atoms with Crippen LogP contribution in [0.15, 0.2) is 24.7 Å². The van der Waals surface area contributed by atoms with E-state index in [2.05, 4.69) is 25.3 Å². The molecule has 1 unspecified atom stereocenters. The molecule has 142 valence electrons. The molecule has 1 saturated carbocycles. The number of aromatic nitrogens is 4. The van der Waals surface area contributed by atoms with E-state index in [1.165, 1.54) is 0 Å². The second-order valence-electron chi connectivity index (χ2n) is 7.66. The maximum absolute atomic E-state index is 13.3. The number of alkyl halides is 1. The van der Waals surface area contributed by atoms with Gasteiger partial charge in [0.25, 0.3) is 0 Å². The number of piperazine rings is 1. The Morgan fingerprint density at radius 3 is 2.67 bits per heavy atom. The van der Waals surface area contributed by atoms with E-state index in [-0.39, 0.29) is 18.0 Å². The molecule has 2 aromatic heterocycles. The van der Waals surface area contributed by atoms with E-state index in [0.717, 1.165) is 37.4 Å². The predicted molar refractivity (Wildman–Crippen MR) is 97.4 cm³/mol. The number of aryl methyl sites for hydroxylation is 1. The normalized spacial score (nSPS) is 29.1. The average Bonchev–Trinajstić information content (AvgIpc) is 3.16. The molecule has 1 aliphatic carbocycles. The Labute approximate surface area is 156 Å². The molecule has 2 aromatic rings. The smallest absolute Gasteiger partial charge is 0.229 e. The molecule has 2 saturated heterocycles. The average molecular weight is 371 g/mol. The SMILES string of the molecule is Cn1cc(Nc2nccc(N3C[C@H]4CC[C@@H](C3)N4C(=O)[C@H]3CC3F)n2)cn1. The lowest BCUT2D eigenvalue weighted by molar-refractivity contribution is -0.136. The molecule has 27 heavy (non-hydrogen) atoms. The van der Waals surface area contributed by atoms with E-state index in [4.69, 9.17) is 0 Å². The topological polar surface area (TPSA) is 79.2 Å². The lowest BCUT2D eigenvalue weighted by Crippen LogP contribution is -2.56. The van der Waals surface area contributed by atoms with Crippen molar-refractivity contribution in [1.29, 1.82) is 0 Å². The van der Waals surface area contributed by atoms with Crippen LogP contribution in [0.5, 0.6) is 0 Å². The van der Waals surface area contributed by atoms with Gasteiger partial charge in [-0.25, -0.2) is 9.37 Å². The molecule has 1 N–H and O–H groups in total. The van der Waals surface area contributed by atoms with Crippen LogP contribution in [0.25, 0.3) is 0 Å². The third kappa shape index (κ3) is 3.00. The second kappa shape index (κ2) is 6.17. The van der Waals surface area contributed by atoms with Crippen molar-refractivity contribution in [3.63, 3.8) is 0 Å². The van der Waals surface area contributed by atoms with Gasteiger partial charge in [0, 0.05) is 44.6 Å². The minimum atomic E-state index is -0.932. The van der Waals surface area contributed by atoms with Crippen molar-refractivity contribution in [2.75, 3.05) is 23.3 Å². The Balaban J connectivity index is 1.30. The number of nitrogens with zero attached hydrogens (tertiary/aromatic N) is 6. The van der Waals surface area contributed by atoms with Crippen LogP contribution < -0.4 is 10.2 Å². The van der Waals surface area contributed by atoms with E-state index in [0.29, 0.717) is 12.4 Å². The van der Waals surface area contributed by atoms with Crippen LogP contribution in [-0.4, -0.2) is 61.9 Å². The van der Waals surface area contributed by atoms with Gasteiger partial charge in [0.05, 0.1) is 17.8 Å². The summed E-state index contributed by atoms with van der Waals surface area (Å²) < 4.78 is 15.0. The third-order valence-electron chi connectivity index (χ3n) is 5.69. The molecule has 0 aromatic carbocycles. The molecular weight excluding hydrogens is 349 g/mol. The van der Waals surface area contributed by atoms with Crippen molar-refractivity contribution >= 4 is 23.4 Å². The number of halogens is 1. The number of carbonyl (C=O) groups excluding carboxylic acids is 1. The first-order valence-corrected chi connectivity index (χ1v) is 9.38. The minimum absolute atomic E-state index is 0.0104. The summed E-state index contributed by atoms with van der Waals surface area (Å²) >= 11 is 0.